The van der Waals surface area contributed by atoms with Crippen molar-refractivity contribution in [3.05, 3.63) is 65.4 Å². The summed E-state index contributed by atoms with van der Waals surface area (Å²) in [5.41, 5.74) is 6.71. The number of methoxy groups -OCH3 is 1. The van der Waals surface area contributed by atoms with E-state index in [-0.39, 0.29) is 5.41 Å². The first-order chi connectivity index (χ1) is 14.5. The molecule has 0 unspecified atom stereocenters. The van der Waals surface area contributed by atoms with Gasteiger partial charge in [0.2, 0.25) is 16.1 Å². The zero-order valence-electron chi connectivity index (χ0n) is 18.2. The van der Waals surface area contributed by atoms with Crippen molar-refractivity contribution >= 4 is 28.0 Å². The first kappa shape index (κ1) is 23.0. The van der Waals surface area contributed by atoms with Crippen LogP contribution in [-0.2, 0) is 22.2 Å². The number of nitrogens with zero attached hydrogens (tertiary/aromatic N) is 2. The highest BCUT2D eigenvalue weighted by Gasteiger charge is 2.38. The lowest BCUT2D eigenvalue weighted by Gasteiger charge is -2.23. The van der Waals surface area contributed by atoms with E-state index in [1.54, 1.807) is 7.11 Å². The average molecular weight is 445 g/mol. The van der Waals surface area contributed by atoms with Crippen LogP contribution in [0.1, 0.15) is 31.4 Å². The van der Waals surface area contributed by atoms with Crippen LogP contribution in [0.2, 0.25) is 0 Å². The molecular formula is C23H28N2O5S. The second kappa shape index (κ2) is 8.82. The minimum absolute atomic E-state index is 0.0143. The van der Waals surface area contributed by atoms with Gasteiger partial charge in [-0.25, -0.2) is 8.42 Å². The molecule has 1 N–H and O–H groups in total. The van der Waals surface area contributed by atoms with Crippen molar-refractivity contribution in [2.24, 2.45) is 0 Å². The second-order valence-electron chi connectivity index (χ2n) is 8.12. The Morgan fingerprint density at radius 3 is 2.55 bits per heavy atom. The van der Waals surface area contributed by atoms with Crippen LogP contribution >= 0.6 is 0 Å². The van der Waals surface area contributed by atoms with Crippen LogP contribution in [0, 0.1) is 0 Å². The van der Waals surface area contributed by atoms with Gasteiger partial charge >= 0.3 is 0 Å². The summed E-state index contributed by atoms with van der Waals surface area (Å²) in [6.07, 6.45) is 6.83. The fourth-order valence-electron chi connectivity index (χ4n) is 4.35. The molecule has 7 nitrogen and oxygen atoms in total. The topological polar surface area (TPSA) is 92.9 Å². The van der Waals surface area contributed by atoms with Gasteiger partial charge in [0.25, 0.3) is 0 Å². The first-order valence-corrected chi connectivity index (χ1v) is 11.4. The van der Waals surface area contributed by atoms with Crippen molar-refractivity contribution in [3.63, 3.8) is 0 Å². The van der Waals surface area contributed by atoms with Crippen molar-refractivity contribution < 1.29 is 26.8 Å². The SMILES string of the molecule is COc1ccc2c(c1)CCC[N+]2=CC=C1N(C)c2ccccc2C1(C)C.O=S(=O)([O-])O. The number of ether oxygens (including phenoxy) is 1. The number of allylic oxidation sites excluding steroid dienone is 2. The van der Waals surface area contributed by atoms with E-state index < -0.39 is 10.4 Å². The predicted octanol–water partition coefficient (Wildman–Crippen LogP) is 3.67. The van der Waals surface area contributed by atoms with Crippen LogP contribution in [0.15, 0.2) is 54.2 Å². The number of aryl methyl sites for hydroxylation is 1. The predicted molar refractivity (Wildman–Crippen MR) is 120 cm³/mol. The van der Waals surface area contributed by atoms with Gasteiger partial charge in [-0.3, -0.25) is 4.55 Å². The van der Waals surface area contributed by atoms with Crippen molar-refractivity contribution in [1.29, 1.82) is 0 Å². The Morgan fingerprint density at radius 2 is 1.90 bits per heavy atom. The van der Waals surface area contributed by atoms with Crippen molar-refractivity contribution in [1.82, 2.24) is 0 Å². The number of rotatable bonds is 2. The molecule has 0 spiro atoms. The lowest BCUT2D eigenvalue weighted by atomic mass is 9.84. The van der Waals surface area contributed by atoms with Gasteiger partial charge in [-0.15, -0.1) is 0 Å². The van der Waals surface area contributed by atoms with Gasteiger partial charge in [0.1, 0.15) is 12.3 Å². The smallest absolute Gasteiger partial charge is 0.215 e. The highest BCUT2D eigenvalue weighted by Crippen LogP contribution is 2.46. The fraction of sp³-hybridized carbons (Fsp3) is 0.348. The van der Waals surface area contributed by atoms with Crippen LogP contribution < -0.4 is 9.64 Å². The lowest BCUT2D eigenvalue weighted by molar-refractivity contribution is -0.440. The third-order valence-corrected chi connectivity index (χ3v) is 5.79. The molecule has 0 aromatic heterocycles. The van der Waals surface area contributed by atoms with Gasteiger partial charge in [-0.05, 0) is 30.2 Å². The fourth-order valence-corrected chi connectivity index (χ4v) is 4.35. The summed E-state index contributed by atoms with van der Waals surface area (Å²) in [6.45, 7) is 5.67. The Morgan fingerprint density at radius 1 is 1.23 bits per heavy atom. The molecule has 2 aliphatic rings. The van der Waals surface area contributed by atoms with Gasteiger partial charge < -0.3 is 14.2 Å². The number of anilines is 1. The van der Waals surface area contributed by atoms with Gasteiger partial charge in [0.05, 0.1) is 7.11 Å². The van der Waals surface area contributed by atoms with E-state index in [4.69, 9.17) is 22.3 Å². The van der Waals surface area contributed by atoms with Crippen molar-refractivity contribution in [2.45, 2.75) is 32.1 Å². The number of benzene rings is 2. The Hall–Kier alpha value is -2.68. The van der Waals surface area contributed by atoms with Crippen LogP contribution in [0.5, 0.6) is 5.75 Å². The Kier molecular flexibility index (Phi) is 6.54. The maximum absolute atomic E-state index is 8.63. The van der Waals surface area contributed by atoms with Crippen LogP contribution in [0.4, 0.5) is 11.4 Å². The quantitative estimate of drug-likeness (QED) is 0.432. The van der Waals surface area contributed by atoms with Crippen molar-refractivity contribution in [3.8, 4) is 5.75 Å². The molecule has 31 heavy (non-hydrogen) atoms. The number of para-hydroxylation sites is 1. The molecule has 2 aromatic rings. The minimum Gasteiger partial charge on any atom is -0.726 e. The molecule has 0 saturated heterocycles. The number of fused-ring (bicyclic) bond motifs is 2. The second-order valence-corrected chi connectivity index (χ2v) is 8.98. The maximum atomic E-state index is 8.63. The molecule has 0 amide bonds. The summed E-state index contributed by atoms with van der Waals surface area (Å²) in [5.74, 6) is 0.941. The number of hydrogen-bond donors (Lipinski definition) is 1. The molecule has 0 atom stereocenters. The van der Waals surface area contributed by atoms with E-state index in [0.29, 0.717) is 0 Å². The number of likely N-dealkylation sites (N-methyl/N-ethyl adjacent to an activating group) is 1. The van der Waals surface area contributed by atoms with E-state index in [2.05, 4.69) is 85.1 Å². The van der Waals surface area contributed by atoms with Gasteiger partial charge in [-0.1, -0.05) is 32.0 Å². The van der Waals surface area contributed by atoms with E-state index in [1.807, 2.05) is 0 Å². The molecule has 0 radical (unpaired) electrons. The summed E-state index contributed by atoms with van der Waals surface area (Å²) < 4.78 is 40.6. The summed E-state index contributed by atoms with van der Waals surface area (Å²) in [6, 6.07) is 15.1. The summed E-state index contributed by atoms with van der Waals surface area (Å²) >= 11 is 0. The van der Waals surface area contributed by atoms with E-state index >= 15 is 0 Å². The molecule has 0 saturated carbocycles. The summed E-state index contributed by atoms with van der Waals surface area (Å²) in [4.78, 5) is 2.32. The molecule has 2 aliphatic heterocycles. The minimum atomic E-state index is -4.92. The van der Waals surface area contributed by atoms with E-state index in [1.165, 1.54) is 34.6 Å². The monoisotopic (exact) mass is 444 g/mol. The summed E-state index contributed by atoms with van der Waals surface area (Å²) in [5, 5.41) is 0. The highest BCUT2D eigenvalue weighted by molar-refractivity contribution is 7.79. The maximum Gasteiger partial charge on any atom is 0.215 e. The summed E-state index contributed by atoms with van der Waals surface area (Å²) in [7, 11) is -1.02. The van der Waals surface area contributed by atoms with Crippen molar-refractivity contribution in [2.75, 3.05) is 25.6 Å². The van der Waals surface area contributed by atoms with E-state index in [9.17, 15) is 0 Å². The average Bonchev–Trinajstić information content (AvgIpc) is 2.90. The largest absolute Gasteiger partial charge is 0.726 e. The third-order valence-electron chi connectivity index (χ3n) is 5.79. The number of hydrogen-bond acceptors (Lipinski definition) is 5. The van der Waals surface area contributed by atoms with Gasteiger partial charge in [-0.2, -0.15) is 4.58 Å². The van der Waals surface area contributed by atoms with Crippen LogP contribution in [-0.4, -0.2) is 49.0 Å². The molecule has 166 valence electrons. The molecular weight excluding hydrogens is 416 g/mol. The molecule has 0 bridgehead atoms. The molecule has 2 heterocycles. The molecule has 4 rings (SSSR count). The molecule has 0 fully saturated rings. The Labute approximate surface area is 183 Å². The first-order valence-electron chi connectivity index (χ1n) is 10.0. The highest BCUT2D eigenvalue weighted by atomic mass is 32.3. The normalized spacial score (nSPS) is 19.5. The van der Waals surface area contributed by atoms with Crippen LogP contribution in [0.25, 0.3) is 0 Å². The molecule has 2 aromatic carbocycles. The molecule has 0 aliphatic carbocycles. The lowest BCUT2D eigenvalue weighted by Crippen LogP contribution is -2.24. The zero-order valence-corrected chi connectivity index (χ0v) is 19.0. The Bertz CT molecular complexity index is 1130. The third kappa shape index (κ3) is 5.15. The standard InChI is InChI=1S/C23H27N2O.H2O4S/c1-23(2)19-9-5-6-10-21(19)24(3)22(23)13-15-25-14-7-8-17-16-18(26-4)11-12-20(17)25;1-5(2,3)4/h5-6,9-13,15-16H,7-8,14H2,1-4H3;(H2,1,2,3,4)/q+1;/p-1. The van der Waals surface area contributed by atoms with E-state index in [0.717, 1.165) is 18.7 Å². The zero-order chi connectivity index (χ0) is 22.8. The van der Waals surface area contributed by atoms with Gasteiger partial charge in [0, 0.05) is 48.0 Å². The Balaban J connectivity index is 0.000000491. The molecule has 8 heteroatoms. The van der Waals surface area contributed by atoms with Crippen LogP contribution in [0.3, 0.4) is 0 Å². The van der Waals surface area contributed by atoms with Gasteiger partial charge in [0.15, 0.2) is 6.21 Å².